The number of hydrogen-bond acceptors (Lipinski definition) is 8. The fraction of sp³-hybridized carbons (Fsp3) is 0.179. The largest absolute Gasteiger partial charge is 0.493 e. The second-order valence-corrected chi connectivity index (χ2v) is 8.38. The van der Waals surface area contributed by atoms with Crippen molar-refractivity contribution in [2.75, 3.05) is 20.8 Å². The molecule has 4 rings (SSSR count). The first-order chi connectivity index (χ1) is 18.3. The van der Waals surface area contributed by atoms with E-state index in [0.29, 0.717) is 35.0 Å². The van der Waals surface area contributed by atoms with Crippen molar-refractivity contribution in [3.05, 3.63) is 92.8 Å². The summed E-state index contributed by atoms with van der Waals surface area (Å²) >= 11 is 0. The second kappa shape index (κ2) is 10.8. The smallest absolute Gasteiger partial charge is 0.271 e. The van der Waals surface area contributed by atoms with E-state index in [1.54, 1.807) is 36.4 Å². The maximum Gasteiger partial charge on any atom is 0.271 e. The van der Waals surface area contributed by atoms with Crippen molar-refractivity contribution >= 4 is 23.6 Å². The van der Waals surface area contributed by atoms with Gasteiger partial charge in [0, 0.05) is 29.8 Å². The number of carbonyl (C=O) groups is 2. The van der Waals surface area contributed by atoms with Crippen LogP contribution in [0.3, 0.4) is 0 Å². The summed E-state index contributed by atoms with van der Waals surface area (Å²) in [5, 5.41) is 20.8. The molecule has 1 aromatic heterocycles. The van der Waals surface area contributed by atoms with Crippen molar-refractivity contribution < 1.29 is 28.4 Å². The molecule has 38 heavy (non-hydrogen) atoms. The number of imide groups is 1. The van der Waals surface area contributed by atoms with Gasteiger partial charge in [0.1, 0.15) is 23.2 Å². The Morgan fingerprint density at radius 1 is 1.05 bits per heavy atom. The first kappa shape index (κ1) is 25.9. The third kappa shape index (κ3) is 5.03. The van der Waals surface area contributed by atoms with Gasteiger partial charge >= 0.3 is 0 Å². The van der Waals surface area contributed by atoms with E-state index in [0.717, 1.165) is 10.5 Å². The number of benzene rings is 2. The van der Waals surface area contributed by atoms with E-state index in [2.05, 4.69) is 0 Å². The minimum Gasteiger partial charge on any atom is -0.493 e. The quantitative estimate of drug-likeness (QED) is 0.183. The van der Waals surface area contributed by atoms with Crippen molar-refractivity contribution in [3.8, 4) is 28.9 Å². The van der Waals surface area contributed by atoms with Crippen LogP contribution in [0.25, 0.3) is 17.4 Å². The minimum absolute atomic E-state index is 0.0417. The van der Waals surface area contributed by atoms with Gasteiger partial charge in [-0.3, -0.25) is 24.6 Å². The molecule has 0 spiro atoms. The van der Waals surface area contributed by atoms with Crippen molar-refractivity contribution in [2.45, 2.75) is 13.3 Å². The fourth-order valence-electron chi connectivity index (χ4n) is 4.11. The Morgan fingerprint density at radius 3 is 2.50 bits per heavy atom. The fourth-order valence-corrected chi connectivity index (χ4v) is 4.11. The summed E-state index contributed by atoms with van der Waals surface area (Å²) in [5.74, 6) is 0.519. The minimum atomic E-state index is -0.663. The van der Waals surface area contributed by atoms with E-state index in [1.165, 1.54) is 39.4 Å². The monoisotopic (exact) mass is 513 g/mol. The Kier molecular flexibility index (Phi) is 7.39. The first-order valence-electron chi connectivity index (χ1n) is 11.5. The molecule has 192 valence electrons. The summed E-state index contributed by atoms with van der Waals surface area (Å²) in [6.07, 6.45) is 1.80. The molecule has 3 aromatic rings. The van der Waals surface area contributed by atoms with E-state index >= 15 is 0 Å². The Labute approximate surface area is 218 Å². The van der Waals surface area contributed by atoms with Gasteiger partial charge in [0.25, 0.3) is 17.5 Å². The van der Waals surface area contributed by atoms with Crippen LogP contribution in [0.4, 0.5) is 5.69 Å². The number of nitro groups is 1. The lowest BCUT2D eigenvalue weighted by Crippen LogP contribution is -2.43. The highest BCUT2D eigenvalue weighted by Gasteiger charge is 2.35. The lowest BCUT2D eigenvalue weighted by Gasteiger charge is -2.27. The van der Waals surface area contributed by atoms with Crippen LogP contribution >= 0.6 is 0 Å². The Hall–Kier alpha value is -5.17. The number of methoxy groups -OCH3 is 2. The van der Waals surface area contributed by atoms with E-state index in [1.807, 2.05) is 12.1 Å². The molecule has 0 radical (unpaired) electrons. The molecule has 0 bridgehead atoms. The number of furan rings is 1. The highest BCUT2D eigenvalue weighted by Crippen LogP contribution is 2.31. The molecule has 1 aliphatic heterocycles. The number of amides is 2. The third-order valence-electron chi connectivity index (χ3n) is 6.15. The topological polar surface area (TPSA) is 136 Å². The first-order valence-corrected chi connectivity index (χ1v) is 11.5. The SMILES string of the molecule is COc1ccc(CCN2C(=O)C(C#N)=C(C)/C(=C\c3ccc(-c4cccc([N+](=O)[O-])c4)o3)C2=O)cc1OC. The van der Waals surface area contributed by atoms with Gasteiger partial charge in [-0.2, -0.15) is 5.26 Å². The molecule has 0 aliphatic carbocycles. The van der Waals surface area contributed by atoms with E-state index < -0.39 is 16.7 Å². The summed E-state index contributed by atoms with van der Waals surface area (Å²) in [5.41, 5.74) is 1.49. The maximum atomic E-state index is 13.4. The molecule has 1 aliphatic rings. The number of nitriles is 1. The van der Waals surface area contributed by atoms with Crippen molar-refractivity contribution in [3.63, 3.8) is 0 Å². The average molecular weight is 514 g/mol. The molecule has 0 saturated carbocycles. The van der Waals surface area contributed by atoms with Gasteiger partial charge in [0.2, 0.25) is 0 Å². The van der Waals surface area contributed by atoms with Gasteiger partial charge < -0.3 is 13.9 Å². The summed E-state index contributed by atoms with van der Waals surface area (Å²) < 4.78 is 16.4. The lowest BCUT2D eigenvalue weighted by atomic mass is 9.94. The van der Waals surface area contributed by atoms with Crippen LogP contribution in [-0.4, -0.2) is 42.4 Å². The predicted octanol–water partition coefficient (Wildman–Crippen LogP) is 4.71. The molecule has 2 aromatic carbocycles. The van der Waals surface area contributed by atoms with Crippen LogP contribution < -0.4 is 9.47 Å². The van der Waals surface area contributed by atoms with Crippen LogP contribution in [0.15, 0.2) is 75.7 Å². The number of carbonyl (C=O) groups excluding carboxylic acids is 2. The van der Waals surface area contributed by atoms with E-state index in [-0.39, 0.29) is 29.0 Å². The Bertz CT molecular complexity index is 1540. The number of hydrogen-bond donors (Lipinski definition) is 0. The normalized spacial score (nSPS) is 14.6. The zero-order chi connectivity index (χ0) is 27.4. The molecule has 10 heteroatoms. The summed E-state index contributed by atoms with van der Waals surface area (Å²) in [6.45, 7) is 1.58. The number of ether oxygens (including phenoxy) is 2. The summed E-state index contributed by atoms with van der Waals surface area (Å²) in [6, 6.07) is 16.4. The van der Waals surface area contributed by atoms with Gasteiger partial charge in [-0.25, -0.2) is 0 Å². The summed E-state index contributed by atoms with van der Waals surface area (Å²) in [4.78, 5) is 38.0. The van der Waals surface area contributed by atoms with Gasteiger partial charge in [-0.1, -0.05) is 18.2 Å². The Morgan fingerprint density at radius 2 is 1.82 bits per heavy atom. The number of nitrogens with zero attached hydrogens (tertiary/aromatic N) is 3. The molecule has 0 N–H and O–H groups in total. The molecule has 0 atom stereocenters. The number of rotatable bonds is 8. The lowest BCUT2D eigenvalue weighted by molar-refractivity contribution is -0.384. The van der Waals surface area contributed by atoms with Gasteiger partial charge in [-0.05, 0) is 54.8 Å². The van der Waals surface area contributed by atoms with Crippen LogP contribution in [0.2, 0.25) is 0 Å². The standard InChI is InChI=1S/C28H23N3O7/c1-17-22(15-21-8-10-24(38-21)19-5-4-6-20(14-19)31(34)35)27(32)30(28(33)23(17)16-29)12-11-18-7-9-25(36-2)26(13-18)37-3/h4-10,13-15H,11-12H2,1-3H3/b22-15+. The van der Waals surface area contributed by atoms with Gasteiger partial charge in [0.05, 0.1) is 19.1 Å². The zero-order valence-electron chi connectivity index (χ0n) is 20.9. The molecule has 0 unspecified atom stereocenters. The van der Waals surface area contributed by atoms with Crippen LogP contribution in [0.5, 0.6) is 11.5 Å². The zero-order valence-corrected chi connectivity index (χ0v) is 20.9. The van der Waals surface area contributed by atoms with Crippen molar-refractivity contribution in [1.82, 2.24) is 4.90 Å². The molecular formula is C28H23N3O7. The van der Waals surface area contributed by atoms with Crippen molar-refractivity contribution in [1.29, 1.82) is 5.26 Å². The highest BCUT2D eigenvalue weighted by molar-refractivity contribution is 6.19. The Balaban J connectivity index is 1.62. The average Bonchev–Trinajstić information content (AvgIpc) is 3.40. The van der Waals surface area contributed by atoms with Gasteiger partial charge in [-0.15, -0.1) is 0 Å². The van der Waals surface area contributed by atoms with E-state index in [4.69, 9.17) is 13.9 Å². The molecular weight excluding hydrogens is 490 g/mol. The number of nitro benzene ring substituents is 1. The molecule has 0 saturated heterocycles. The van der Waals surface area contributed by atoms with E-state index in [9.17, 15) is 25.0 Å². The van der Waals surface area contributed by atoms with Crippen molar-refractivity contribution in [2.24, 2.45) is 0 Å². The number of non-ortho nitro benzene ring substituents is 1. The van der Waals surface area contributed by atoms with Crippen LogP contribution in [0.1, 0.15) is 18.2 Å². The molecule has 10 nitrogen and oxygen atoms in total. The molecule has 2 heterocycles. The maximum absolute atomic E-state index is 13.4. The molecule has 2 amide bonds. The third-order valence-corrected chi connectivity index (χ3v) is 6.15. The van der Waals surface area contributed by atoms with Gasteiger partial charge in [0.15, 0.2) is 11.5 Å². The van der Waals surface area contributed by atoms with Crippen LogP contribution in [-0.2, 0) is 16.0 Å². The highest BCUT2D eigenvalue weighted by atomic mass is 16.6. The summed E-state index contributed by atoms with van der Waals surface area (Å²) in [7, 11) is 3.04. The van der Waals surface area contributed by atoms with Crippen LogP contribution in [0, 0.1) is 21.4 Å². The predicted molar refractivity (Wildman–Crippen MR) is 137 cm³/mol. The second-order valence-electron chi connectivity index (χ2n) is 8.38. The molecule has 0 fully saturated rings.